The summed E-state index contributed by atoms with van der Waals surface area (Å²) in [6.07, 6.45) is 0.254. The van der Waals surface area contributed by atoms with Gasteiger partial charge in [0.05, 0.1) is 13.0 Å². The molecule has 0 aromatic heterocycles. The third-order valence-electron chi connectivity index (χ3n) is 2.45. The Labute approximate surface area is 107 Å². The van der Waals surface area contributed by atoms with Crippen LogP contribution < -0.4 is 5.32 Å². The molecule has 18 heavy (non-hydrogen) atoms. The summed E-state index contributed by atoms with van der Waals surface area (Å²) in [6.45, 7) is 5.30. The summed E-state index contributed by atoms with van der Waals surface area (Å²) < 4.78 is 4.90. The number of rotatable bonds is 5. The molecule has 0 aliphatic carbocycles. The van der Waals surface area contributed by atoms with Crippen LogP contribution in [0.25, 0.3) is 0 Å². The standard InChI is InChI=1S/C14H19NO3/c1-4-18-13(17)14(2,3)15-12(16)10-11-8-6-5-7-9-11/h5-9H,4,10H2,1-3H3,(H,15,16). The van der Waals surface area contributed by atoms with Gasteiger partial charge in [0.15, 0.2) is 0 Å². The fourth-order valence-corrected chi connectivity index (χ4v) is 1.54. The van der Waals surface area contributed by atoms with Gasteiger partial charge in [0.2, 0.25) is 5.91 Å². The van der Waals surface area contributed by atoms with Crippen molar-refractivity contribution in [3.63, 3.8) is 0 Å². The van der Waals surface area contributed by atoms with Crippen molar-refractivity contribution in [1.29, 1.82) is 0 Å². The van der Waals surface area contributed by atoms with Crippen molar-refractivity contribution < 1.29 is 14.3 Å². The van der Waals surface area contributed by atoms with E-state index in [1.54, 1.807) is 20.8 Å². The van der Waals surface area contributed by atoms with Crippen molar-refractivity contribution in [2.75, 3.05) is 6.61 Å². The average molecular weight is 249 g/mol. The number of carbonyl (C=O) groups excluding carboxylic acids is 2. The molecule has 0 fully saturated rings. The van der Waals surface area contributed by atoms with E-state index in [-0.39, 0.29) is 12.3 Å². The van der Waals surface area contributed by atoms with E-state index >= 15 is 0 Å². The summed E-state index contributed by atoms with van der Waals surface area (Å²) in [5.74, 6) is -0.620. The predicted molar refractivity (Wildman–Crippen MR) is 69.0 cm³/mol. The number of benzene rings is 1. The molecule has 1 amide bonds. The van der Waals surface area contributed by atoms with E-state index < -0.39 is 11.5 Å². The SMILES string of the molecule is CCOC(=O)C(C)(C)NC(=O)Cc1ccccc1. The maximum atomic E-state index is 11.8. The molecule has 0 heterocycles. The van der Waals surface area contributed by atoms with Gasteiger partial charge in [-0.15, -0.1) is 0 Å². The molecule has 1 aromatic rings. The molecule has 4 heteroatoms. The first-order chi connectivity index (χ1) is 8.45. The van der Waals surface area contributed by atoms with Crippen LogP contribution in [0.4, 0.5) is 0 Å². The van der Waals surface area contributed by atoms with E-state index in [9.17, 15) is 9.59 Å². The molecule has 0 saturated heterocycles. The van der Waals surface area contributed by atoms with Crippen molar-refractivity contribution in [1.82, 2.24) is 5.32 Å². The van der Waals surface area contributed by atoms with Gasteiger partial charge in [-0.2, -0.15) is 0 Å². The molecule has 1 aromatic carbocycles. The molecule has 1 rings (SSSR count). The Kier molecular flexibility index (Phi) is 4.89. The number of hydrogen-bond donors (Lipinski definition) is 1. The molecule has 0 aliphatic heterocycles. The molecule has 0 bridgehead atoms. The zero-order valence-electron chi connectivity index (χ0n) is 11.0. The molecule has 0 radical (unpaired) electrons. The molecule has 4 nitrogen and oxygen atoms in total. The van der Waals surface area contributed by atoms with Crippen LogP contribution in [0.5, 0.6) is 0 Å². The van der Waals surface area contributed by atoms with Crippen LogP contribution in [0.15, 0.2) is 30.3 Å². The minimum Gasteiger partial charge on any atom is -0.464 e. The lowest BCUT2D eigenvalue weighted by Crippen LogP contribution is -2.51. The van der Waals surface area contributed by atoms with Crippen molar-refractivity contribution in [3.8, 4) is 0 Å². The topological polar surface area (TPSA) is 55.4 Å². The summed E-state index contributed by atoms with van der Waals surface area (Å²) in [5, 5.41) is 2.68. The Balaban J connectivity index is 2.56. The van der Waals surface area contributed by atoms with Crippen LogP contribution in [-0.4, -0.2) is 24.0 Å². The van der Waals surface area contributed by atoms with Crippen molar-refractivity contribution in [2.24, 2.45) is 0 Å². The summed E-state index contributed by atoms with van der Waals surface area (Å²) in [4.78, 5) is 23.4. The predicted octanol–water partition coefficient (Wildman–Crippen LogP) is 1.69. The maximum absolute atomic E-state index is 11.8. The zero-order chi connectivity index (χ0) is 13.6. The van der Waals surface area contributed by atoms with Crippen molar-refractivity contribution in [3.05, 3.63) is 35.9 Å². The number of esters is 1. The zero-order valence-corrected chi connectivity index (χ0v) is 11.0. The lowest BCUT2D eigenvalue weighted by atomic mass is 10.0. The van der Waals surface area contributed by atoms with E-state index in [1.165, 1.54) is 0 Å². The van der Waals surface area contributed by atoms with Gasteiger partial charge in [-0.3, -0.25) is 4.79 Å². The first-order valence-corrected chi connectivity index (χ1v) is 5.98. The Morgan fingerprint density at radius 1 is 1.22 bits per heavy atom. The largest absolute Gasteiger partial charge is 0.464 e. The number of hydrogen-bond acceptors (Lipinski definition) is 3. The molecule has 0 saturated carbocycles. The quantitative estimate of drug-likeness (QED) is 0.808. The van der Waals surface area contributed by atoms with Gasteiger partial charge < -0.3 is 10.1 Å². The van der Waals surface area contributed by atoms with Gasteiger partial charge in [0.1, 0.15) is 5.54 Å². The normalized spacial score (nSPS) is 10.8. The van der Waals surface area contributed by atoms with Crippen LogP contribution in [0.2, 0.25) is 0 Å². The number of ether oxygens (including phenoxy) is 1. The fraction of sp³-hybridized carbons (Fsp3) is 0.429. The highest BCUT2D eigenvalue weighted by molar-refractivity contribution is 5.88. The summed E-state index contributed by atoms with van der Waals surface area (Å²) in [5.41, 5.74) is -0.0864. The molecule has 0 atom stereocenters. The van der Waals surface area contributed by atoms with Gasteiger partial charge in [-0.05, 0) is 26.3 Å². The molecular weight excluding hydrogens is 230 g/mol. The van der Waals surface area contributed by atoms with Gasteiger partial charge in [0.25, 0.3) is 0 Å². The minimum absolute atomic E-state index is 0.195. The van der Waals surface area contributed by atoms with Gasteiger partial charge >= 0.3 is 5.97 Å². The molecule has 0 spiro atoms. The van der Waals surface area contributed by atoms with Crippen LogP contribution in [0, 0.1) is 0 Å². The second-order valence-electron chi connectivity index (χ2n) is 4.56. The van der Waals surface area contributed by atoms with E-state index in [0.29, 0.717) is 6.61 Å². The van der Waals surface area contributed by atoms with Crippen LogP contribution >= 0.6 is 0 Å². The molecular formula is C14H19NO3. The van der Waals surface area contributed by atoms with Crippen LogP contribution in [0.1, 0.15) is 26.3 Å². The second-order valence-corrected chi connectivity index (χ2v) is 4.56. The van der Waals surface area contributed by atoms with Crippen LogP contribution in [-0.2, 0) is 20.7 Å². The van der Waals surface area contributed by atoms with Crippen molar-refractivity contribution >= 4 is 11.9 Å². The average Bonchev–Trinajstić information content (AvgIpc) is 2.29. The van der Waals surface area contributed by atoms with Gasteiger partial charge in [-0.1, -0.05) is 30.3 Å². The highest BCUT2D eigenvalue weighted by Crippen LogP contribution is 2.07. The van der Waals surface area contributed by atoms with E-state index in [0.717, 1.165) is 5.56 Å². The fourth-order valence-electron chi connectivity index (χ4n) is 1.54. The summed E-state index contributed by atoms with van der Waals surface area (Å²) in [6, 6.07) is 9.38. The Morgan fingerprint density at radius 3 is 2.39 bits per heavy atom. The third-order valence-corrected chi connectivity index (χ3v) is 2.45. The Bertz CT molecular complexity index is 412. The molecule has 0 aliphatic rings. The molecule has 98 valence electrons. The summed E-state index contributed by atoms with van der Waals surface area (Å²) >= 11 is 0. The minimum atomic E-state index is -0.998. The first-order valence-electron chi connectivity index (χ1n) is 5.98. The highest BCUT2D eigenvalue weighted by atomic mass is 16.5. The third kappa shape index (κ3) is 4.20. The van der Waals surface area contributed by atoms with E-state index in [1.807, 2.05) is 30.3 Å². The van der Waals surface area contributed by atoms with Gasteiger partial charge in [-0.25, -0.2) is 4.79 Å². The molecule has 0 unspecified atom stereocenters. The lowest BCUT2D eigenvalue weighted by Gasteiger charge is -2.23. The Hall–Kier alpha value is -1.84. The van der Waals surface area contributed by atoms with E-state index in [4.69, 9.17) is 4.74 Å². The van der Waals surface area contributed by atoms with Gasteiger partial charge in [0, 0.05) is 0 Å². The first kappa shape index (κ1) is 14.2. The smallest absolute Gasteiger partial charge is 0.331 e. The summed E-state index contributed by atoms with van der Waals surface area (Å²) in [7, 11) is 0. The lowest BCUT2D eigenvalue weighted by molar-refractivity contribution is -0.151. The molecule has 1 N–H and O–H groups in total. The Morgan fingerprint density at radius 2 is 1.83 bits per heavy atom. The highest BCUT2D eigenvalue weighted by Gasteiger charge is 2.30. The monoisotopic (exact) mass is 249 g/mol. The van der Waals surface area contributed by atoms with Crippen molar-refractivity contribution in [2.45, 2.75) is 32.7 Å². The number of carbonyl (C=O) groups is 2. The second kappa shape index (κ2) is 6.19. The van der Waals surface area contributed by atoms with E-state index in [2.05, 4.69) is 5.32 Å². The number of nitrogens with one attached hydrogen (secondary N) is 1. The number of amides is 1. The van der Waals surface area contributed by atoms with Crippen LogP contribution in [0.3, 0.4) is 0 Å². The maximum Gasteiger partial charge on any atom is 0.331 e.